The lowest BCUT2D eigenvalue weighted by Gasteiger charge is -2.31. The summed E-state index contributed by atoms with van der Waals surface area (Å²) in [4.78, 5) is 27.7. The molecule has 32 heavy (non-hydrogen) atoms. The van der Waals surface area contributed by atoms with E-state index in [1.54, 1.807) is 37.3 Å². The van der Waals surface area contributed by atoms with Gasteiger partial charge in [0, 0.05) is 31.3 Å². The van der Waals surface area contributed by atoms with Crippen molar-refractivity contribution in [3.63, 3.8) is 0 Å². The minimum Gasteiger partial charge on any atom is -0.496 e. The number of nitrogens with one attached hydrogen (secondary N) is 1. The van der Waals surface area contributed by atoms with Gasteiger partial charge in [0.25, 0.3) is 5.91 Å². The van der Waals surface area contributed by atoms with Crippen molar-refractivity contribution in [1.82, 2.24) is 10.2 Å². The van der Waals surface area contributed by atoms with Crippen molar-refractivity contribution in [2.75, 3.05) is 27.4 Å². The van der Waals surface area contributed by atoms with E-state index in [2.05, 4.69) is 5.32 Å². The maximum Gasteiger partial charge on any atom is 0.261 e. The number of hydrogen-bond donors (Lipinski definition) is 1. The monoisotopic (exact) mass is 442 g/mol. The highest BCUT2D eigenvalue weighted by Gasteiger charge is 2.29. The second-order valence-electron chi connectivity index (χ2n) is 7.50. The molecule has 0 heterocycles. The Labute approximate surface area is 190 Å². The lowest BCUT2D eigenvalue weighted by molar-refractivity contribution is -0.143. The second kappa shape index (κ2) is 12.6. The minimum atomic E-state index is -0.586. The molecule has 2 aromatic carbocycles. The molecule has 0 unspecified atom stereocenters. The summed E-state index contributed by atoms with van der Waals surface area (Å²) in [6, 6.07) is 12.4. The first kappa shape index (κ1) is 25.0. The van der Waals surface area contributed by atoms with Crippen LogP contribution in [0.1, 0.15) is 37.8 Å². The SMILES string of the molecule is CCCNC(=O)[C@H](CC)N(Cc1ccccc1C)C(=O)COc1cc(OC)cc(OC)c1. The highest BCUT2D eigenvalue weighted by atomic mass is 16.5. The molecule has 7 nitrogen and oxygen atoms in total. The summed E-state index contributed by atoms with van der Waals surface area (Å²) in [6.45, 7) is 6.58. The molecule has 2 aromatic rings. The topological polar surface area (TPSA) is 77.1 Å². The summed E-state index contributed by atoms with van der Waals surface area (Å²) in [5.74, 6) is 1.16. The van der Waals surface area contributed by atoms with Crippen LogP contribution in [0.2, 0.25) is 0 Å². The van der Waals surface area contributed by atoms with Gasteiger partial charge < -0.3 is 24.4 Å². The lowest BCUT2D eigenvalue weighted by atomic mass is 10.1. The lowest BCUT2D eigenvalue weighted by Crippen LogP contribution is -2.50. The van der Waals surface area contributed by atoms with Gasteiger partial charge in [-0.1, -0.05) is 38.1 Å². The molecule has 1 N–H and O–H groups in total. The average molecular weight is 443 g/mol. The quantitative estimate of drug-likeness (QED) is 0.542. The Morgan fingerprint density at radius 2 is 1.62 bits per heavy atom. The summed E-state index contributed by atoms with van der Waals surface area (Å²) in [5.41, 5.74) is 2.05. The Morgan fingerprint density at radius 1 is 1.00 bits per heavy atom. The van der Waals surface area contributed by atoms with Gasteiger partial charge in [-0.2, -0.15) is 0 Å². The van der Waals surface area contributed by atoms with Gasteiger partial charge in [-0.3, -0.25) is 9.59 Å². The molecule has 0 saturated carbocycles. The number of aryl methyl sites for hydroxylation is 1. The van der Waals surface area contributed by atoms with E-state index in [4.69, 9.17) is 14.2 Å². The molecule has 0 saturated heterocycles. The fourth-order valence-electron chi connectivity index (χ4n) is 3.35. The van der Waals surface area contributed by atoms with Gasteiger partial charge in [-0.05, 0) is 30.9 Å². The van der Waals surface area contributed by atoms with Gasteiger partial charge in [0.15, 0.2) is 6.61 Å². The highest BCUT2D eigenvalue weighted by molar-refractivity contribution is 5.88. The molecule has 0 aliphatic heterocycles. The first-order valence-corrected chi connectivity index (χ1v) is 10.9. The van der Waals surface area contributed by atoms with Crippen molar-refractivity contribution in [2.24, 2.45) is 0 Å². The predicted octanol–water partition coefficient (Wildman–Crippen LogP) is 3.72. The summed E-state index contributed by atoms with van der Waals surface area (Å²) in [5, 5.41) is 2.92. The highest BCUT2D eigenvalue weighted by Crippen LogP contribution is 2.27. The zero-order valence-electron chi connectivity index (χ0n) is 19.6. The molecular weight excluding hydrogens is 408 g/mol. The zero-order chi connectivity index (χ0) is 23.5. The Balaban J connectivity index is 2.24. The Morgan fingerprint density at radius 3 is 2.19 bits per heavy atom. The third kappa shape index (κ3) is 6.90. The van der Waals surface area contributed by atoms with Gasteiger partial charge in [0.1, 0.15) is 23.3 Å². The number of benzene rings is 2. The molecule has 7 heteroatoms. The molecule has 1 atom stereocenters. The van der Waals surface area contributed by atoms with E-state index in [-0.39, 0.29) is 18.4 Å². The van der Waals surface area contributed by atoms with Crippen LogP contribution >= 0.6 is 0 Å². The van der Waals surface area contributed by atoms with Crippen LogP contribution < -0.4 is 19.5 Å². The standard InChI is InChI=1S/C25H34N2O5/c1-6-12-26-25(29)23(7-2)27(16-19-11-9-8-10-18(19)3)24(28)17-32-22-14-20(30-4)13-21(15-22)31-5/h8-11,13-15,23H,6-7,12,16-17H2,1-5H3,(H,26,29)/t23-/m0/s1. The summed E-state index contributed by atoms with van der Waals surface area (Å²) in [6.07, 6.45) is 1.33. The minimum absolute atomic E-state index is 0.153. The van der Waals surface area contributed by atoms with Crippen LogP contribution in [-0.4, -0.2) is 50.1 Å². The van der Waals surface area contributed by atoms with E-state index in [0.29, 0.717) is 36.8 Å². The first-order chi connectivity index (χ1) is 15.4. The molecule has 0 spiro atoms. The van der Waals surface area contributed by atoms with E-state index in [1.165, 1.54) is 0 Å². The smallest absolute Gasteiger partial charge is 0.261 e. The molecule has 2 rings (SSSR count). The van der Waals surface area contributed by atoms with E-state index in [9.17, 15) is 9.59 Å². The van der Waals surface area contributed by atoms with Gasteiger partial charge in [0.05, 0.1) is 14.2 Å². The van der Waals surface area contributed by atoms with E-state index in [0.717, 1.165) is 17.5 Å². The van der Waals surface area contributed by atoms with Gasteiger partial charge in [-0.25, -0.2) is 0 Å². The number of methoxy groups -OCH3 is 2. The summed E-state index contributed by atoms with van der Waals surface area (Å²) < 4.78 is 16.3. The van der Waals surface area contributed by atoms with E-state index < -0.39 is 6.04 Å². The number of hydrogen-bond acceptors (Lipinski definition) is 5. The molecular formula is C25H34N2O5. The molecule has 2 amide bonds. The Hall–Kier alpha value is -3.22. The van der Waals surface area contributed by atoms with Crippen molar-refractivity contribution in [2.45, 2.75) is 46.2 Å². The first-order valence-electron chi connectivity index (χ1n) is 10.9. The van der Waals surface area contributed by atoms with Gasteiger partial charge in [-0.15, -0.1) is 0 Å². The number of ether oxygens (including phenoxy) is 3. The van der Waals surface area contributed by atoms with E-state index in [1.807, 2.05) is 45.0 Å². The molecule has 0 bridgehead atoms. The fraction of sp³-hybridized carbons (Fsp3) is 0.440. The Kier molecular flexibility index (Phi) is 9.85. The second-order valence-corrected chi connectivity index (χ2v) is 7.50. The van der Waals surface area contributed by atoms with Crippen LogP contribution in [0.4, 0.5) is 0 Å². The van der Waals surface area contributed by atoms with Crippen LogP contribution in [0.3, 0.4) is 0 Å². The molecule has 0 aromatic heterocycles. The van der Waals surface area contributed by atoms with Crippen molar-refractivity contribution < 1.29 is 23.8 Å². The molecule has 0 aliphatic carbocycles. The largest absolute Gasteiger partial charge is 0.496 e. The van der Waals surface area contributed by atoms with Gasteiger partial charge in [0.2, 0.25) is 5.91 Å². The van der Waals surface area contributed by atoms with Crippen molar-refractivity contribution in [3.8, 4) is 17.2 Å². The molecule has 0 fully saturated rings. The zero-order valence-corrected chi connectivity index (χ0v) is 19.6. The third-order valence-electron chi connectivity index (χ3n) is 5.22. The van der Waals surface area contributed by atoms with Crippen molar-refractivity contribution >= 4 is 11.8 Å². The number of nitrogens with zero attached hydrogens (tertiary/aromatic N) is 1. The molecule has 0 aliphatic rings. The van der Waals surface area contributed by atoms with Crippen LogP contribution in [0.15, 0.2) is 42.5 Å². The van der Waals surface area contributed by atoms with Crippen LogP contribution in [0, 0.1) is 6.92 Å². The summed E-state index contributed by atoms with van der Waals surface area (Å²) in [7, 11) is 3.10. The van der Waals surface area contributed by atoms with Crippen LogP contribution in [0.25, 0.3) is 0 Å². The van der Waals surface area contributed by atoms with Crippen molar-refractivity contribution in [3.05, 3.63) is 53.6 Å². The number of rotatable bonds is 12. The van der Waals surface area contributed by atoms with E-state index >= 15 is 0 Å². The normalized spacial score (nSPS) is 11.4. The van der Waals surface area contributed by atoms with Crippen LogP contribution in [0.5, 0.6) is 17.2 Å². The fourth-order valence-corrected chi connectivity index (χ4v) is 3.35. The molecule has 174 valence electrons. The Bertz CT molecular complexity index is 877. The van der Waals surface area contributed by atoms with Crippen molar-refractivity contribution in [1.29, 1.82) is 0 Å². The van der Waals surface area contributed by atoms with Gasteiger partial charge >= 0.3 is 0 Å². The maximum absolute atomic E-state index is 13.3. The molecule has 0 radical (unpaired) electrons. The number of amides is 2. The number of carbonyl (C=O) groups excluding carboxylic acids is 2. The summed E-state index contributed by atoms with van der Waals surface area (Å²) >= 11 is 0. The predicted molar refractivity (Wildman–Crippen MR) is 124 cm³/mol. The third-order valence-corrected chi connectivity index (χ3v) is 5.22. The average Bonchev–Trinajstić information content (AvgIpc) is 2.81. The maximum atomic E-state index is 13.3. The van der Waals surface area contributed by atoms with Crippen LogP contribution in [-0.2, 0) is 16.1 Å². The number of carbonyl (C=O) groups is 2.